The molecular weight excluding hydrogens is 302 g/mol. The molecule has 0 bridgehead atoms. The number of aryl methyl sites for hydroxylation is 1. The fraction of sp³-hybridized carbons (Fsp3) is 0.700. The minimum absolute atomic E-state index is 0.262. The largest absolute Gasteiger partial charge is 0.490 e. The van der Waals surface area contributed by atoms with Crippen molar-refractivity contribution < 1.29 is 14.6 Å². The maximum Gasteiger partial charge on any atom is 0.134 e. The van der Waals surface area contributed by atoms with Gasteiger partial charge in [-0.05, 0) is 37.5 Å². The van der Waals surface area contributed by atoms with Crippen molar-refractivity contribution in [2.75, 3.05) is 32.9 Å². The van der Waals surface area contributed by atoms with Crippen LogP contribution in [0.25, 0.3) is 0 Å². The maximum atomic E-state index is 11.0. The van der Waals surface area contributed by atoms with Crippen LogP contribution >= 0.6 is 0 Å². The summed E-state index contributed by atoms with van der Waals surface area (Å²) in [6.45, 7) is 9.27. The summed E-state index contributed by atoms with van der Waals surface area (Å²) in [5, 5.41) is 11.0. The smallest absolute Gasteiger partial charge is 0.134 e. The van der Waals surface area contributed by atoms with Crippen molar-refractivity contribution in [1.29, 1.82) is 0 Å². The number of aliphatic hydroxyl groups is 1. The lowest BCUT2D eigenvalue weighted by Gasteiger charge is -2.35. The molecule has 1 N–H and O–H groups in total. The van der Waals surface area contributed by atoms with Crippen LogP contribution in [0.1, 0.15) is 45.1 Å². The van der Waals surface area contributed by atoms with Gasteiger partial charge in [0.25, 0.3) is 0 Å². The average Bonchev–Trinajstić information content (AvgIpc) is 2.75. The van der Waals surface area contributed by atoms with E-state index < -0.39 is 5.60 Å². The summed E-state index contributed by atoms with van der Waals surface area (Å²) in [6.07, 6.45) is 4.67. The van der Waals surface area contributed by atoms with Gasteiger partial charge in [-0.15, -0.1) is 0 Å². The molecule has 1 aliphatic rings. The van der Waals surface area contributed by atoms with E-state index in [9.17, 15) is 5.11 Å². The lowest BCUT2D eigenvalue weighted by atomic mass is 10.0. The van der Waals surface area contributed by atoms with Crippen LogP contribution in [0, 0.1) is 6.92 Å². The van der Waals surface area contributed by atoms with Gasteiger partial charge in [-0.1, -0.05) is 38.8 Å². The zero-order valence-corrected chi connectivity index (χ0v) is 15.5. The molecule has 0 saturated carbocycles. The Morgan fingerprint density at radius 3 is 2.71 bits per heavy atom. The van der Waals surface area contributed by atoms with Crippen LogP contribution in [0.2, 0.25) is 0 Å². The second-order valence-corrected chi connectivity index (χ2v) is 7.08. The van der Waals surface area contributed by atoms with Gasteiger partial charge in [-0.3, -0.25) is 4.90 Å². The Morgan fingerprint density at radius 2 is 2.04 bits per heavy atom. The molecular formula is C20H33NO3. The van der Waals surface area contributed by atoms with Crippen LogP contribution in [-0.4, -0.2) is 54.6 Å². The minimum atomic E-state index is -0.958. The highest BCUT2D eigenvalue weighted by molar-refractivity contribution is 5.27. The van der Waals surface area contributed by atoms with Gasteiger partial charge >= 0.3 is 0 Å². The monoisotopic (exact) mass is 335 g/mol. The van der Waals surface area contributed by atoms with Gasteiger partial charge in [0.2, 0.25) is 0 Å². The van der Waals surface area contributed by atoms with E-state index in [1.54, 1.807) is 0 Å². The molecule has 0 radical (unpaired) electrons. The minimum Gasteiger partial charge on any atom is -0.490 e. The molecule has 24 heavy (non-hydrogen) atoms. The Labute approximate surface area is 146 Å². The molecule has 4 heteroatoms. The summed E-state index contributed by atoms with van der Waals surface area (Å²) in [5.74, 6) is 0.804. The summed E-state index contributed by atoms with van der Waals surface area (Å²) in [6, 6.07) is 8.46. The molecule has 1 aliphatic heterocycles. The van der Waals surface area contributed by atoms with Crippen LogP contribution in [0.3, 0.4) is 0 Å². The quantitative estimate of drug-likeness (QED) is 0.790. The van der Waals surface area contributed by atoms with Crippen LogP contribution in [-0.2, 0) is 4.74 Å². The van der Waals surface area contributed by atoms with Crippen LogP contribution in [0.4, 0.5) is 0 Å². The van der Waals surface area contributed by atoms with Gasteiger partial charge in [0, 0.05) is 19.1 Å². The number of β-amino-alcohol motifs (C(OH)–C–C–N with tert-alkyl or cyclic N) is 1. The van der Waals surface area contributed by atoms with E-state index >= 15 is 0 Å². The molecule has 136 valence electrons. The molecule has 0 spiro atoms. The van der Waals surface area contributed by atoms with E-state index in [0.29, 0.717) is 25.8 Å². The maximum absolute atomic E-state index is 11.0. The van der Waals surface area contributed by atoms with E-state index in [-0.39, 0.29) is 6.61 Å². The molecule has 0 aliphatic carbocycles. The van der Waals surface area contributed by atoms with Crippen molar-refractivity contribution in [1.82, 2.24) is 4.90 Å². The summed E-state index contributed by atoms with van der Waals surface area (Å²) in [4.78, 5) is 2.40. The number of benzene rings is 1. The molecule has 0 unspecified atom stereocenters. The highest BCUT2D eigenvalue weighted by Crippen LogP contribution is 2.21. The first-order valence-electron chi connectivity index (χ1n) is 9.30. The summed E-state index contributed by atoms with van der Waals surface area (Å²) in [7, 11) is 0. The third-order valence-electron chi connectivity index (χ3n) is 4.65. The zero-order chi connectivity index (χ0) is 17.4. The molecule has 1 saturated heterocycles. The summed E-state index contributed by atoms with van der Waals surface area (Å²) < 4.78 is 11.6. The van der Waals surface area contributed by atoms with Crippen LogP contribution in [0.5, 0.6) is 5.75 Å². The Kier molecular flexibility index (Phi) is 7.53. The Bertz CT molecular complexity index is 488. The molecule has 0 aromatic heterocycles. The predicted octanol–water partition coefficient (Wildman–Crippen LogP) is 3.41. The van der Waals surface area contributed by atoms with Crippen LogP contribution in [0.15, 0.2) is 24.3 Å². The third kappa shape index (κ3) is 5.76. The molecule has 2 rings (SSSR count). The molecule has 4 nitrogen and oxygen atoms in total. The zero-order valence-electron chi connectivity index (χ0n) is 15.5. The molecule has 1 fully saturated rings. The number of ether oxygens (including phenoxy) is 2. The Morgan fingerprint density at radius 1 is 1.29 bits per heavy atom. The highest BCUT2D eigenvalue weighted by Gasteiger charge is 2.35. The Balaban J connectivity index is 2.00. The standard InChI is InChI=1S/C20H33NO3/c1-4-7-18(8-5-2)21-11-12-23-15-20(22,14-21)16-24-19-10-6-9-17(3)13-19/h6,9-10,13,18,22H,4-5,7-8,11-12,14-16H2,1-3H3/t20-/m0/s1. The highest BCUT2D eigenvalue weighted by atomic mass is 16.5. The number of nitrogens with zero attached hydrogens (tertiary/aromatic N) is 1. The summed E-state index contributed by atoms with van der Waals surface area (Å²) >= 11 is 0. The fourth-order valence-corrected chi connectivity index (χ4v) is 3.44. The topological polar surface area (TPSA) is 41.9 Å². The van der Waals surface area contributed by atoms with Gasteiger partial charge in [0.15, 0.2) is 0 Å². The normalized spacial score (nSPS) is 22.5. The number of hydrogen-bond acceptors (Lipinski definition) is 4. The first kappa shape index (κ1) is 19.2. The molecule has 1 aromatic rings. The van der Waals surface area contributed by atoms with E-state index in [1.807, 2.05) is 31.2 Å². The molecule has 0 amide bonds. The van der Waals surface area contributed by atoms with Crippen molar-refractivity contribution in [2.24, 2.45) is 0 Å². The lowest BCUT2D eigenvalue weighted by Crippen LogP contribution is -2.51. The molecule has 1 aromatic carbocycles. The van der Waals surface area contributed by atoms with E-state index in [1.165, 1.54) is 25.7 Å². The Hall–Kier alpha value is -1.10. The number of hydrogen-bond donors (Lipinski definition) is 1. The van der Waals surface area contributed by atoms with Crippen molar-refractivity contribution in [3.05, 3.63) is 29.8 Å². The first-order chi connectivity index (χ1) is 11.6. The second-order valence-electron chi connectivity index (χ2n) is 7.08. The summed E-state index contributed by atoms with van der Waals surface area (Å²) in [5.41, 5.74) is 0.198. The first-order valence-corrected chi connectivity index (χ1v) is 9.30. The van der Waals surface area contributed by atoms with Crippen molar-refractivity contribution in [2.45, 2.75) is 58.1 Å². The van der Waals surface area contributed by atoms with Gasteiger partial charge in [0.05, 0.1) is 13.2 Å². The van der Waals surface area contributed by atoms with Crippen molar-refractivity contribution >= 4 is 0 Å². The number of rotatable bonds is 8. The third-order valence-corrected chi connectivity index (χ3v) is 4.65. The molecule has 1 heterocycles. The lowest BCUT2D eigenvalue weighted by molar-refractivity contribution is -0.0676. The van der Waals surface area contributed by atoms with E-state index in [2.05, 4.69) is 18.7 Å². The van der Waals surface area contributed by atoms with E-state index in [0.717, 1.165) is 17.9 Å². The van der Waals surface area contributed by atoms with Crippen molar-refractivity contribution in [3.8, 4) is 5.75 Å². The SMILES string of the molecule is CCCC(CCC)N1CCOC[C@](O)(COc2cccc(C)c2)C1. The predicted molar refractivity (Wildman–Crippen MR) is 97.6 cm³/mol. The van der Waals surface area contributed by atoms with Crippen molar-refractivity contribution in [3.63, 3.8) is 0 Å². The van der Waals surface area contributed by atoms with Crippen LogP contribution < -0.4 is 4.74 Å². The van der Waals surface area contributed by atoms with Gasteiger partial charge in [-0.25, -0.2) is 0 Å². The fourth-order valence-electron chi connectivity index (χ4n) is 3.44. The molecule has 1 atom stereocenters. The van der Waals surface area contributed by atoms with E-state index in [4.69, 9.17) is 9.47 Å². The van der Waals surface area contributed by atoms with Gasteiger partial charge < -0.3 is 14.6 Å². The van der Waals surface area contributed by atoms with Gasteiger partial charge in [0.1, 0.15) is 18.0 Å². The average molecular weight is 335 g/mol. The van der Waals surface area contributed by atoms with Gasteiger partial charge in [-0.2, -0.15) is 0 Å². The second kappa shape index (κ2) is 9.40.